The Kier molecular flexibility index (Phi) is 6.56. The molecule has 2 aromatic carbocycles. The smallest absolute Gasteiger partial charge is 0.744 e. The van der Waals surface area contributed by atoms with Crippen LogP contribution in [0.15, 0.2) is 46.2 Å². The summed E-state index contributed by atoms with van der Waals surface area (Å²) in [5.41, 5.74) is 0. The van der Waals surface area contributed by atoms with Crippen molar-refractivity contribution in [3.05, 3.63) is 36.4 Å². The molecule has 0 saturated heterocycles. The van der Waals surface area contributed by atoms with Crippen LogP contribution < -0.4 is 37.7 Å². The molecule has 0 fully saturated rings. The van der Waals surface area contributed by atoms with Crippen LogP contribution in [0.4, 0.5) is 0 Å². The first-order chi connectivity index (χ1) is 8.21. The molecular formula is C10H6Li2O6S2. The van der Waals surface area contributed by atoms with E-state index in [9.17, 15) is 25.9 Å². The number of benzene rings is 2. The summed E-state index contributed by atoms with van der Waals surface area (Å²) < 4.78 is 66.4. The third kappa shape index (κ3) is 3.88. The maximum Gasteiger partial charge on any atom is 1.00 e. The van der Waals surface area contributed by atoms with Gasteiger partial charge in [0.15, 0.2) is 0 Å². The van der Waals surface area contributed by atoms with Crippen molar-refractivity contribution in [3.63, 3.8) is 0 Å². The second-order valence-electron chi connectivity index (χ2n) is 3.52. The van der Waals surface area contributed by atoms with Gasteiger partial charge in [0.2, 0.25) is 0 Å². The van der Waals surface area contributed by atoms with Crippen molar-refractivity contribution in [1.82, 2.24) is 0 Å². The van der Waals surface area contributed by atoms with Gasteiger partial charge in [-0.15, -0.1) is 0 Å². The molecule has 0 aliphatic rings. The van der Waals surface area contributed by atoms with Gasteiger partial charge in [-0.1, -0.05) is 30.3 Å². The van der Waals surface area contributed by atoms with E-state index >= 15 is 0 Å². The predicted molar refractivity (Wildman–Crippen MR) is 59.9 cm³/mol. The zero-order valence-corrected chi connectivity index (χ0v) is 12.4. The molecule has 0 amide bonds. The molecule has 96 valence electrons. The van der Waals surface area contributed by atoms with Gasteiger partial charge in [-0.05, 0) is 11.5 Å². The van der Waals surface area contributed by atoms with Gasteiger partial charge in [-0.25, -0.2) is 16.8 Å². The van der Waals surface area contributed by atoms with E-state index in [2.05, 4.69) is 0 Å². The Morgan fingerprint density at radius 1 is 0.750 bits per heavy atom. The zero-order chi connectivity index (χ0) is 13.6. The van der Waals surface area contributed by atoms with E-state index in [0.717, 1.165) is 6.07 Å². The number of rotatable bonds is 2. The SMILES string of the molecule is O=S(=O)([O-])c1ccc2ccccc2c1S(=O)(=O)[O-].[Li+].[Li+]. The van der Waals surface area contributed by atoms with E-state index in [0.29, 0.717) is 5.39 Å². The van der Waals surface area contributed by atoms with Crippen LogP contribution in [0.3, 0.4) is 0 Å². The molecule has 0 aliphatic heterocycles. The van der Waals surface area contributed by atoms with E-state index in [1.54, 1.807) is 6.07 Å². The largest absolute Gasteiger partial charge is 1.00 e. The summed E-state index contributed by atoms with van der Waals surface area (Å²) >= 11 is 0. The van der Waals surface area contributed by atoms with Gasteiger partial charge in [-0.2, -0.15) is 0 Å². The van der Waals surface area contributed by atoms with Gasteiger partial charge >= 0.3 is 37.7 Å². The van der Waals surface area contributed by atoms with E-state index in [1.165, 1.54) is 24.3 Å². The molecule has 0 aliphatic carbocycles. The van der Waals surface area contributed by atoms with Crippen LogP contribution in [-0.4, -0.2) is 25.9 Å². The van der Waals surface area contributed by atoms with Crippen LogP contribution in [0, 0.1) is 0 Å². The molecule has 0 saturated carbocycles. The molecule has 0 N–H and O–H groups in total. The molecule has 0 atom stereocenters. The quantitative estimate of drug-likeness (QED) is 0.404. The first kappa shape index (κ1) is 19.7. The average Bonchev–Trinajstić information content (AvgIpc) is 2.24. The molecule has 0 aromatic heterocycles. The number of hydrogen-bond donors (Lipinski definition) is 0. The summed E-state index contributed by atoms with van der Waals surface area (Å²) in [4.78, 5) is -2.01. The van der Waals surface area contributed by atoms with Crippen molar-refractivity contribution < 1.29 is 63.7 Å². The number of fused-ring (bicyclic) bond motifs is 1. The molecule has 2 rings (SSSR count). The minimum absolute atomic E-state index is 0. The third-order valence-electron chi connectivity index (χ3n) is 2.36. The van der Waals surface area contributed by atoms with E-state index in [4.69, 9.17) is 0 Å². The Labute approximate surface area is 140 Å². The minimum Gasteiger partial charge on any atom is -0.744 e. The van der Waals surface area contributed by atoms with Crippen molar-refractivity contribution >= 4 is 31.0 Å². The first-order valence-electron chi connectivity index (χ1n) is 4.65. The van der Waals surface area contributed by atoms with Gasteiger partial charge in [0.1, 0.15) is 20.2 Å². The summed E-state index contributed by atoms with van der Waals surface area (Å²) in [6, 6.07) is 7.91. The van der Waals surface area contributed by atoms with Gasteiger partial charge in [0.25, 0.3) is 0 Å². The predicted octanol–water partition coefficient (Wildman–Crippen LogP) is -5.34. The molecule has 10 heteroatoms. The van der Waals surface area contributed by atoms with E-state index < -0.39 is 30.0 Å². The topological polar surface area (TPSA) is 114 Å². The van der Waals surface area contributed by atoms with Crippen LogP contribution in [0.5, 0.6) is 0 Å². The summed E-state index contributed by atoms with van der Waals surface area (Å²) in [5.74, 6) is 0. The van der Waals surface area contributed by atoms with Crippen molar-refractivity contribution in [2.75, 3.05) is 0 Å². The third-order valence-corrected chi connectivity index (χ3v) is 4.31. The second kappa shape index (κ2) is 6.65. The van der Waals surface area contributed by atoms with E-state index in [1.807, 2.05) is 0 Å². The van der Waals surface area contributed by atoms with Crippen LogP contribution in [0.25, 0.3) is 10.8 Å². The van der Waals surface area contributed by atoms with Gasteiger partial charge in [-0.3, -0.25) is 0 Å². The first-order valence-corrected chi connectivity index (χ1v) is 7.46. The van der Waals surface area contributed by atoms with Crippen molar-refractivity contribution in [3.8, 4) is 0 Å². The summed E-state index contributed by atoms with van der Waals surface area (Å²) in [6.07, 6.45) is 0. The fourth-order valence-electron chi connectivity index (χ4n) is 1.68. The summed E-state index contributed by atoms with van der Waals surface area (Å²) in [5, 5.41) is 0.281. The molecule has 6 nitrogen and oxygen atoms in total. The fourth-order valence-corrected chi connectivity index (χ4v) is 3.63. The monoisotopic (exact) mass is 300 g/mol. The van der Waals surface area contributed by atoms with Crippen LogP contribution in [0.1, 0.15) is 0 Å². The Morgan fingerprint density at radius 3 is 1.80 bits per heavy atom. The number of hydrogen-bond acceptors (Lipinski definition) is 6. The molecular weight excluding hydrogens is 294 g/mol. The van der Waals surface area contributed by atoms with Crippen LogP contribution in [0.2, 0.25) is 0 Å². The van der Waals surface area contributed by atoms with Crippen molar-refractivity contribution in [2.45, 2.75) is 9.79 Å². The normalized spacial score (nSPS) is 11.5. The standard InChI is InChI=1S/C10H8O6S2.2Li/c11-17(12,13)9-6-5-7-3-1-2-4-8(7)10(9)18(14,15)16;;/h1-6H,(H,11,12,13)(H,14,15,16);;/q;2*+1/p-2. The average molecular weight is 300 g/mol. The Hall–Kier alpha value is -0.285. The molecule has 0 spiro atoms. The summed E-state index contributed by atoms with van der Waals surface area (Å²) in [6.45, 7) is 0. The minimum atomic E-state index is -5.07. The van der Waals surface area contributed by atoms with Crippen LogP contribution in [-0.2, 0) is 20.2 Å². The molecule has 0 heterocycles. The van der Waals surface area contributed by atoms with Crippen molar-refractivity contribution in [1.29, 1.82) is 0 Å². The Bertz CT molecular complexity index is 830. The Morgan fingerprint density at radius 2 is 1.30 bits per heavy atom. The maximum absolute atomic E-state index is 11.2. The van der Waals surface area contributed by atoms with Gasteiger partial charge in [0, 0.05) is 5.39 Å². The zero-order valence-electron chi connectivity index (χ0n) is 10.7. The Balaban J connectivity index is 0.00000180. The maximum atomic E-state index is 11.2. The fraction of sp³-hybridized carbons (Fsp3) is 0. The van der Waals surface area contributed by atoms with Crippen molar-refractivity contribution in [2.24, 2.45) is 0 Å². The van der Waals surface area contributed by atoms with Crippen LogP contribution >= 0.6 is 0 Å². The second-order valence-corrected chi connectivity index (χ2v) is 6.19. The molecule has 0 radical (unpaired) electrons. The van der Waals surface area contributed by atoms with Gasteiger partial charge < -0.3 is 9.11 Å². The molecule has 2 aromatic rings. The van der Waals surface area contributed by atoms with Gasteiger partial charge in [0.05, 0.1) is 9.79 Å². The van der Waals surface area contributed by atoms with E-state index in [-0.39, 0.29) is 43.1 Å². The molecule has 0 unspecified atom stereocenters. The molecule has 20 heavy (non-hydrogen) atoms. The molecule has 0 bridgehead atoms. The summed E-state index contributed by atoms with van der Waals surface area (Å²) in [7, 11) is -10.1.